The first kappa shape index (κ1) is 16.9. The van der Waals surface area contributed by atoms with E-state index in [-0.39, 0.29) is 18.7 Å². The Labute approximate surface area is 119 Å². The number of sulfonamides is 1. The summed E-state index contributed by atoms with van der Waals surface area (Å²) in [5.41, 5.74) is 3.83. The Balaban J connectivity index is 2.98. The van der Waals surface area contributed by atoms with Crippen molar-refractivity contribution in [1.82, 2.24) is 4.72 Å². The van der Waals surface area contributed by atoms with Crippen LogP contribution in [0.4, 0.5) is 9.18 Å². The largest absolute Gasteiger partial charge is 0.478 e. The standard InChI is InChI=1S/C11H13FN2O6S/c1-6-4-7(5-8(9(6)12)10(15)16)21(18,19)14-2-3-20-11(13)17/h4-5,14H,2-3H2,1H3,(H2,13,17)(H,15,16). The fraction of sp³-hybridized carbons (Fsp3) is 0.273. The van der Waals surface area contributed by atoms with E-state index in [4.69, 9.17) is 10.8 Å². The summed E-state index contributed by atoms with van der Waals surface area (Å²) in [4.78, 5) is 20.8. The fourth-order valence-electron chi connectivity index (χ4n) is 1.46. The molecule has 116 valence electrons. The molecule has 0 saturated heterocycles. The normalized spacial score (nSPS) is 11.1. The Morgan fingerprint density at radius 3 is 2.57 bits per heavy atom. The number of primary amides is 1. The average Bonchev–Trinajstić information content (AvgIpc) is 2.37. The minimum atomic E-state index is -4.07. The topological polar surface area (TPSA) is 136 Å². The van der Waals surface area contributed by atoms with Crippen LogP contribution in [0, 0.1) is 12.7 Å². The maximum atomic E-state index is 13.5. The molecule has 10 heteroatoms. The van der Waals surface area contributed by atoms with Gasteiger partial charge in [0.2, 0.25) is 10.0 Å². The Hall–Kier alpha value is -2.20. The highest BCUT2D eigenvalue weighted by Gasteiger charge is 2.21. The molecule has 1 aromatic rings. The van der Waals surface area contributed by atoms with Gasteiger partial charge >= 0.3 is 12.1 Å². The van der Waals surface area contributed by atoms with E-state index in [1.165, 1.54) is 6.92 Å². The molecule has 0 bridgehead atoms. The molecule has 1 amide bonds. The number of halogens is 1. The van der Waals surface area contributed by atoms with Crippen molar-refractivity contribution in [3.05, 3.63) is 29.1 Å². The molecule has 0 aliphatic heterocycles. The highest BCUT2D eigenvalue weighted by molar-refractivity contribution is 7.89. The first-order chi connectivity index (χ1) is 9.65. The van der Waals surface area contributed by atoms with Gasteiger partial charge in [-0.1, -0.05) is 0 Å². The molecule has 21 heavy (non-hydrogen) atoms. The van der Waals surface area contributed by atoms with Crippen LogP contribution in [0.3, 0.4) is 0 Å². The second-order valence-electron chi connectivity index (χ2n) is 3.97. The van der Waals surface area contributed by atoms with Gasteiger partial charge in [0.05, 0.1) is 10.5 Å². The number of benzene rings is 1. The molecule has 0 aliphatic carbocycles. The van der Waals surface area contributed by atoms with Gasteiger partial charge in [-0.3, -0.25) is 0 Å². The predicted molar refractivity (Wildman–Crippen MR) is 68.8 cm³/mol. The van der Waals surface area contributed by atoms with Gasteiger partial charge in [-0.2, -0.15) is 0 Å². The molecule has 0 spiro atoms. The summed E-state index contributed by atoms with van der Waals surface area (Å²) in [7, 11) is -4.07. The fourth-order valence-corrected chi connectivity index (χ4v) is 2.58. The van der Waals surface area contributed by atoms with Crippen LogP contribution in [0.25, 0.3) is 0 Å². The monoisotopic (exact) mass is 320 g/mol. The van der Waals surface area contributed by atoms with E-state index in [0.29, 0.717) is 6.07 Å². The third-order valence-corrected chi connectivity index (χ3v) is 3.85. The molecule has 0 unspecified atom stereocenters. The predicted octanol–water partition coefficient (Wildman–Crippen LogP) is 0.206. The maximum Gasteiger partial charge on any atom is 0.404 e. The Morgan fingerprint density at radius 2 is 2.05 bits per heavy atom. The molecule has 4 N–H and O–H groups in total. The van der Waals surface area contributed by atoms with E-state index in [1.807, 2.05) is 0 Å². The van der Waals surface area contributed by atoms with Gasteiger partial charge in [-0.25, -0.2) is 27.1 Å². The summed E-state index contributed by atoms with van der Waals surface area (Å²) in [6.45, 7) is 0.696. The van der Waals surface area contributed by atoms with Crippen molar-refractivity contribution < 1.29 is 32.2 Å². The molecular formula is C11H13FN2O6S. The smallest absolute Gasteiger partial charge is 0.404 e. The Morgan fingerprint density at radius 1 is 1.43 bits per heavy atom. The third-order valence-electron chi connectivity index (χ3n) is 2.41. The first-order valence-electron chi connectivity index (χ1n) is 5.60. The summed E-state index contributed by atoms with van der Waals surface area (Å²) < 4.78 is 43.8. The number of aromatic carboxylic acids is 1. The molecular weight excluding hydrogens is 307 g/mol. The van der Waals surface area contributed by atoms with Crippen LogP contribution >= 0.6 is 0 Å². The Bertz CT molecular complexity index is 674. The zero-order valence-corrected chi connectivity index (χ0v) is 11.7. The highest BCUT2D eigenvalue weighted by atomic mass is 32.2. The number of carbonyl (C=O) groups is 2. The van der Waals surface area contributed by atoms with Crippen molar-refractivity contribution in [3.63, 3.8) is 0 Å². The van der Waals surface area contributed by atoms with Gasteiger partial charge in [-0.15, -0.1) is 0 Å². The van der Waals surface area contributed by atoms with Crippen LogP contribution in [-0.4, -0.2) is 38.7 Å². The number of hydrogen-bond donors (Lipinski definition) is 3. The number of nitrogens with two attached hydrogens (primary N) is 1. The minimum Gasteiger partial charge on any atom is -0.478 e. The van der Waals surface area contributed by atoms with E-state index in [1.54, 1.807) is 0 Å². The number of carboxylic acid groups (broad SMARTS) is 1. The van der Waals surface area contributed by atoms with Crippen LogP contribution in [0.15, 0.2) is 17.0 Å². The zero-order valence-electron chi connectivity index (χ0n) is 10.9. The van der Waals surface area contributed by atoms with Gasteiger partial charge in [0, 0.05) is 6.54 Å². The van der Waals surface area contributed by atoms with Crippen LogP contribution in [0.2, 0.25) is 0 Å². The van der Waals surface area contributed by atoms with Gasteiger partial charge in [0.25, 0.3) is 0 Å². The molecule has 0 aromatic heterocycles. The lowest BCUT2D eigenvalue weighted by molar-refractivity contribution is 0.0691. The van der Waals surface area contributed by atoms with Gasteiger partial charge in [0.1, 0.15) is 12.4 Å². The van der Waals surface area contributed by atoms with E-state index < -0.39 is 38.4 Å². The summed E-state index contributed by atoms with van der Waals surface area (Å²) in [5.74, 6) is -2.58. The van der Waals surface area contributed by atoms with Crippen molar-refractivity contribution in [1.29, 1.82) is 0 Å². The molecule has 0 atom stereocenters. The Kier molecular flexibility index (Phi) is 5.22. The molecule has 1 rings (SSSR count). The van der Waals surface area contributed by atoms with E-state index in [0.717, 1.165) is 6.07 Å². The minimum absolute atomic E-state index is 0.122. The second-order valence-corrected chi connectivity index (χ2v) is 5.74. The number of ether oxygens (including phenoxy) is 1. The first-order valence-corrected chi connectivity index (χ1v) is 7.09. The van der Waals surface area contributed by atoms with Crippen molar-refractivity contribution in [3.8, 4) is 0 Å². The number of hydrogen-bond acceptors (Lipinski definition) is 5. The molecule has 0 heterocycles. The number of amides is 1. The number of rotatable bonds is 6. The van der Waals surface area contributed by atoms with Crippen molar-refractivity contribution >= 4 is 22.1 Å². The lowest BCUT2D eigenvalue weighted by atomic mass is 10.1. The molecule has 0 radical (unpaired) electrons. The number of carbonyl (C=O) groups excluding carboxylic acids is 1. The second kappa shape index (κ2) is 6.50. The average molecular weight is 320 g/mol. The molecule has 1 aromatic carbocycles. The van der Waals surface area contributed by atoms with Gasteiger partial charge < -0.3 is 15.6 Å². The van der Waals surface area contributed by atoms with Crippen LogP contribution in [-0.2, 0) is 14.8 Å². The van der Waals surface area contributed by atoms with E-state index in [9.17, 15) is 22.4 Å². The molecule has 0 aliphatic rings. The summed E-state index contributed by atoms with van der Waals surface area (Å²) in [6, 6.07) is 1.71. The maximum absolute atomic E-state index is 13.5. The quantitative estimate of drug-likeness (QED) is 0.641. The summed E-state index contributed by atoms with van der Waals surface area (Å²) in [6.07, 6.45) is -1.06. The number of aryl methyl sites for hydroxylation is 1. The lowest BCUT2D eigenvalue weighted by Crippen LogP contribution is -2.29. The highest BCUT2D eigenvalue weighted by Crippen LogP contribution is 2.19. The summed E-state index contributed by atoms with van der Waals surface area (Å²) in [5, 5.41) is 8.83. The van der Waals surface area contributed by atoms with Crippen molar-refractivity contribution in [2.24, 2.45) is 5.73 Å². The van der Waals surface area contributed by atoms with Crippen LogP contribution in [0.5, 0.6) is 0 Å². The lowest BCUT2D eigenvalue weighted by Gasteiger charge is -2.09. The molecule has 0 fully saturated rings. The van der Waals surface area contributed by atoms with Gasteiger partial charge in [-0.05, 0) is 24.6 Å². The zero-order chi connectivity index (χ0) is 16.2. The van der Waals surface area contributed by atoms with Crippen LogP contribution < -0.4 is 10.5 Å². The SMILES string of the molecule is Cc1cc(S(=O)(=O)NCCOC(N)=O)cc(C(=O)O)c1F. The van der Waals surface area contributed by atoms with E-state index >= 15 is 0 Å². The van der Waals surface area contributed by atoms with Crippen molar-refractivity contribution in [2.75, 3.05) is 13.2 Å². The van der Waals surface area contributed by atoms with Crippen LogP contribution in [0.1, 0.15) is 15.9 Å². The van der Waals surface area contributed by atoms with Gasteiger partial charge in [0.15, 0.2) is 0 Å². The number of nitrogens with one attached hydrogen (secondary N) is 1. The summed E-state index contributed by atoms with van der Waals surface area (Å²) >= 11 is 0. The number of carboxylic acids is 1. The van der Waals surface area contributed by atoms with E-state index in [2.05, 4.69) is 9.46 Å². The molecule has 8 nitrogen and oxygen atoms in total. The molecule has 0 saturated carbocycles. The van der Waals surface area contributed by atoms with Crippen molar-refractivity contribution in [2.45, 2.75) is 11.8 Å². The third kappa shape index (κ3) is 4.39.